The molecule has 0 unspecified atom stereocenters. The Bertz CT molecular complexity index is 1340. The quantitative estimate of drug-likeness (QED) is 0.302. The van der Waals surface area contributed by atoms with Crippen LogP contribution in [0.25, 0.3) is 11.4 Å². The van der Waals surface area contributed by atoms with E-state index in [0.717, 1.165) is 60.6 Å². The summed E-state index contributed by atoms with van der Waals surface area (Å²) in [7, 11) is 1.65. The molecule has 0 atom stereocenters. The second-order valence-corrected chi connectivity index (χ2v) is 9.20. The number of hydrogen-bond acceptors (Lipinski definition) is 9. The number of alkyl halides is 3. The molecule has 0 bridgehead atoms. The minimum absolute atomic E-state index is 0.107. The van der Waals surface area contributed by atoms with Crippen LogP contribution in [0, 0.1) is 0 Å². The molecule has 2 aromatic heterocycles. The topological polar surface area (TPSA) is 80.4 Å². The first-order valence-electron chi connectivity index (χ1n) is 11.5. The van der Waals surface area contributed by atoms with E-state index in [1.807, 2.05) is 12.1 Å². The fourth-order valence-electron chi connectivity index (χ4n) is 4.00. The van der Waals surface area contributed by atoms with E-state index in [1.165, 1.54) is 23.9 Å². The highest BCUT2D eigenvalue weighted by Gasteiger charge is 2.31. The Morgan fingerprint density at radius 1 is 0.973 bits per heavy atom. The summed E-state index contributed by atoms with van der Waals surface area (Å²) in [5, 5.41) is 4.58. The van der Waals surface area contributed by atoms with Gasteiger partial charge in [-0.15, -0.1) is 0 Å². The van der Waals surface area contributed by atoms with Crippen molar-refractivity contribution in [2.24, 2.45) is 0 Å². The van der Waals surface area contributed by atoms with Crippen molar-refractivity contribution < 1.29 is 22.4 Å². The zero-order valence-electron chi connectivity index (χ0n) is 19.9. The van der Waals surface area contributed by atoms with Crippen LogP contribution in [0.5, 0.6) is 5.75 Å². The molecule has 1 saturated heterocycles. The summed E-state index contributed by atoms with van der Waals surface area (Å²) in [5.74, 6) is 2.31. The lowest BCUT2D eigenvalue weighted by molar-refractivity contribution is -0.137. The number of halogens is 3. The Balaban J connectivity index is 1.22. The Kier molecular flexibility index (Phi) is 7.17. The lowest BCUT2D eigenvalue weighted by atomic mass is 10.1. The van der Waals surface area contributed by atoms with Gasteiger partial charge in [-0.25, -0.2) is 9.97 Å². The summed E-state index contributed by atoms with van der Waals surface area (Å²) < 4.78 is 49.6. The van der Waals surface area contributed by atoms with Gasteiger partial charge in [-0.05, 0) is 36.4 Å². The zero-order valence-corrected chi connectivity index (χ0v) is 20.7. The van der Waals surface area contributed by atoms with Gasteiger partial charge in [0.15, 0.2) is 5.82 Å². The number of ether oxygens (including phenoxy) is 1. The molecule has 192 valence electrons. The van der Waals surface area contributed by atoms with Gasteiger partial charge in [0.2, 0.25) is 11.7 Å². The number of benzene rings is 2. The van der Waals surface area contributed by atoms with Gasteiger partial charge >= 0.3 is 6.18 Å². The van der Waals surface area contributed by atoms with Crippen LogP contribution in [0.4, 0.5) is 24.7 Å². The monoisotopic (exact) mass is 528 g/mol. The van der Waals surface area contributed by atoms with Crippen LogP contribution in [0.3, 0.4) is 0 Å². The molecule has 1 aliphatic rings. The first-order chi connectivity index (χ1) is 17.9. The lowest BCUT2D eigenvalue weighted by Gasteiger charge is -2.37. The van der Waals surface area contributed by atoms with Crippen LogP contribution < -0.4 is 14.5 Å². The molecule has 1 aliphatic heterocycles. The third-order valence-electron chi connectivity index (χ3n) is 5.91. The number of thioether (sulfide) groups is 1. The summed E-state index contributed by atoms with van der Waals surface area (Å²) >= 11 is 1.39. The van der Waals surface area contributed by atoms with Crippen molar-refractivity contribution in [2.45, 2.75) is 17.0 Å². The van der Waals surface area contributed by atoms with Gasteiger partial charge in [0, 0.05) is 49.8 Å². The van der Waals surface area contributed by atoms with Crippen molar-refractivity contribution >= 4 is 23.3 Å². The number of nitrogens with zero attached hydrogens (tertiary/aromatic N) is 6. The second kappa shape index (κ2) is 10.7. The van der Waals surface area contributed by atoms with Crippen LogP contribution in [-0.4, -0.2) is 53.4 Å². The molecule has 1 fully saturated rings. The fraction of sp³-hybridized carbons (Fsp3) is 0.280. The normalized spacial score (nSPS) is 14.2. The molecule has 0 aliphatic carbocycles. The Morgan fingerprint density at radius 2 is 1.70 bits per heavy atom. The van der Waals surface area contributed by atoms with E-state index >= 15 is 0 Å². The first-order valence-corrected chi connectivity index (χ1v) is 12.5. The van der Waals surface area contributed by atoms with Crippen molar-refractivity contribution in [3.8, 4) is 17.1 Å². The van der Waals surface area contributed by atoms with Crippen molar-refractivity contribution in [1.82, 2.24) is 20.1 Å². The Morgan fingerprint density at radius 3 is 2.43 bits per heavy atom. The molecule has 2 aromatic carbocycles. The summed E-state index contributed by atoms with van der Waals surface area (Å²) in [6, 6.07) is 12.9. The van der Waals surface area contributed by atoms with Gasteiger partial charge in [-0.2, -0.15) is 18.2 Å². The maximum absolute atomic E-state index is 13.0. The smallest absolute Gasteiger partial charge is 0.416 e. The average molecular weight is 529 g/mol. The van der Waals surface area contributed by atoms with Crippen LogP contribution in [0.2, 0.25) is 0 Å². The lowest BCUT2D eigenvalue weighted by Crippen LogP contribution is -2.47. The summed E-state index contributed by atoms with van der Waals surface area (Å²) in [5.41, 5.74) is 0.619. The van der Waals surface area contributed by atoms with Crippen LogP contribution >= 0.6 is 11.8 Å². The number of aromatic nitrogens is 4. The molecular weight excluding hydrogens is 505 g/mol. The highest BCUT2D eigenvalue weighted by Crippen LogP contribution is 2.33. The molecule has 37 heavy (non-hydrogen) atoms. The van der Waals surface area contributed by atoms with Gasteiger partial charge in [0.25, 0.3) is 0 Å². The van der Waals surface area contributed by atoms with E-state index < -0.39 is 11.7 Å². The van der Waals surface area contributed by atoms with E-state index in [9.17, 15) is 13.2 Å². The highest BCUT2D eigenvalue weighted by atomic mass is 32.2. The third-order valence-corrected chi connectivity index (χ3v) is 6.86. The van der Waals surface area contributed by atoms with Gasteiger partial charge in [0.05, 0.1) is 18.4 Å². The minimum Gasteiger partial charge on any atom is -0.497 e. The van der Waals surface area contributed by atoms with Crippen molar-refractivity contribution in [3.05, 3.63) is 72.4 Å². The summed E-state index contributed by atoms with van der Waals surface area (Å²) in [6.45, 7) is 3.21. The molecular formula is C25H23F3N6O2S. The molecule has 0 amide bonds. The largest absolute Gasteiger partial charge is 0.497 e. The standard InChI is InChI=1S/C25H23F3N6O2S/c1-35-20-7-5-19(6-8-20)33-11-13-34(14-12-33)23-24(30-10-9-29-23)37-16-21-31-22(32-36-21)17-3-2-4-18(15-17)25(26,27)28/h2-10,15H,11-14,16H2,1H3. The molecule has 0 spiro atoms. The van der Waals surface area contributed by atoms with Crippen LogP contribution in [0.1, 0.15) is 11.5 Å². The maximum Gasteiger partial charge on any atom is 0.416 e. The number of anilines is 2. The molecule has 4 aromatic rings. The predicted molar refractivity (Wildman–Crippen MR) is 134 cm³/mol. The van der Waals surface area contributed by atoms with Gasteiger partial charge in [-0.1, -0.05) is 29.1 Å². The molecule has 0 saturated carbocycles. The molecule has 0 radical (unpaired) electrons. The third kappa shape index (κ3) is 5.79. The summed E-state index contributed by atoms with van der Waals surface area (Å²) in [6.07, 6.45) is -1.16. The van der Waals surface area contributed by atoms with Crippen molar-refractivity contribution in [2.75, 3.05) is 43.1 Å². The first kappa shape index (κ1) is 24.9. The number of piperazine rings is 1. The zero-order chi connectivity index (χ0) is 25.8. The molecule has 3 heterocycles. The predicted octanol–water partition coefficient (Wildman–Crippen LogP) is 5.17. The van der Waals surface area contributed by atoms with Gasteiger partial charge in [0.1, 0.15) is 10.8 Å². The number of rotatable bonds is 7. The number of hydrogen-bond donors (Lipinski definition) is 0. The number of methoxy groups -OCH3 is 1. The Hall–Kier alpha value is -3.80. The van der Waals surface area contributed by atoms with Crippen molar-refractivity contribution in [1.29, 1.82) is 0 Å². The average Bonchev–Trinajstić information content (AvgIpc) is 3.41. The van der Waals surface area contributed by atoms with E-state index in [1.54, 1.807) is 19.5 Å². The van der Waals surface area contributed by atoms with Gasteiger partial charge in [-0.3, -0.25) is 0 Å². The van der Waals surface area contributed by atoms with E-state index in [-0.39, 0.29) is 11.4 Å². The summed E-state index contributed by atoms with van der Waals surface area (Å²) in [4.78, 5) is 17.8. The molecule has 12 heteroatoms. The van der Waals surface area contributed by atoms with E-state index in [4.69, 9.17) is 9.26 Å². The molecule has 5 rings (SSSR count). The molecule has 8 nitrogen and oxygen atoms in total. The van der Waals surface area contributed by atoms with Crippen LogP contribution in [-0.2, 0) is 11.9 Å². The van der Waals surface area contributed by atoms with E-state index in [2.05, 4.69) is 42.0 Å². The maximum atomic E-state index is 13.0. The minimum atomic E-state index is -4.44. The second-order valence-electron chi connectivity index (χ2n) is 8.24. The van der Waals surface area contributed by atoms with E-state index in [0.29, 0.717) is 11.6 Å². The van der Waals surface area contributed by atoms with Crippen molar-refractivity contribution in [3.63, 3.8) is 0 Å². The fourth-order valence-corrected chi connectivity index (χ4v) is 4.83. The SMILES string of the molecule is COc1ccc(N2CCN(c3nccnc3SCc3nc(-c4cccc(C(F)(F)F)c4)no3)CC2)cc1. The Labute approximate surface area is 215 Å². The molecule has 0 N–H and O–H groups in total. The van der Waals surface area contributed by atoms with Gasteiger partial charge < -0.3 is 19.1 Å². The highest BCUT2D eigenvalue weighted by molar-refractivity contribution is 7.98. The van der Waals surface area contributed by atoms with Crippen LogP contribution in [0.15, 0.2) is 70.5 Å².